The number of aromatic amines is 1. The van der Waals surface area contributed by atoms with Crippen LogP contribution in [0.25, 0.3) is 11.3 Å². The molecule has 8 nitrogen and oxygen atoms in total. The highest BCUT2D eigenvalue weighted by molar-refractivity contribution is 9.10. The quantitative estimate of drug-likeness (QED) is 0.383. The number of para-hydroxylation sites is 1. The fourth-order valence-corrected chi connectivity index (χ4v) is 4.99. The average molecular weight is 532 g/mol. The molecule has 1 atom stereocenters. The monoisotopic (exact) mass is 531 g/mol. The largest absolute Gasteiger partial charge is 0.492 e. The molecular weight excluding hydrogens is 508 g/mol. The van der Waals surface area contributed by atoms with Crippen LogP contribution in [-0.2, 0) is 4.79 Å². The summed E-state index contributed by atoms with van der Waals surface area (Å²) in [5.74, 6) is 0.992. The number of amides is 1. The van der Waals surface area contributed by atoms with Gasteiger partial charge in [-0.05, 0) is 58.1 Å². The molecule has 0 bridgehead atoms. The van der Waals surface area contributed by atoms with E-state index in [0.29, 0.717) is 44.7 Å². The van der Waals surface area contributed by atoms with Gasteiger partial charge in [-0.1, -0.05) is 30.8 Å². The molecule has 1 aliphatic heterocycles. The highest BCUT2D eigenvalue weighted by Crippen LogP contribution is 2.42. The molecule has 1 aromatic heterocycles. The van der Waals surface area contributed by atoms with Gasteiger partial charge in [0.2, 0.25) is 11.1 Å². The van der Waals surface area contributed by atoms with Crippen LogP contribution in [0.2, 0.25) is 0 Å². The van der Waals surface area contributed by atoms with E-state index in [0.717, 1.165) is 5.56 Å². The van der Waals surface area contributed by atoms with Crippen LogP contribution in [0.5, 0.6) is 11.5 Å². The number of H-pyrrole nitrogens is 1. The van der Waals surface area contributed by atoms with E-state index in [1.165, 1.54) is 11.8 Å². The molecule has 10 heteroatoms. The number of anilines is 1. The Morgan fingerprint density at radius 2 is 2.06 bits per heavy atom. The molecule has 3 aromatic rings. The summed E-state index contributed by atoms with van der Waals surface area (Å²) in [4.78, 5) is 31.0. The lowest BCUT2D eigenvalue weighted by Gasteiger charge is -2.32. The second-order valence-corrected chi connectivity index (χ2v) is 8.88. The van der Waals surface area contributed by atoms with Gasteiger partial charge in [-0.3, -0.25) is 14.6 Å². The minimum absolute atomic E-state index is 0.0942. The van der Waals surface area contributed by atoms with Crippen molar-refractivity contribution in [1.82, 2.24) is 10.1 Å². The van der Waals surface area contributed by atoms with Gasteiger partial charge < -0.3 is 9.47 Å². The molecule has 0 saturated carbocycles. The molecule has 0 saturated heterocycles. The number of methoxy groups -OCH3 is 1. The number of nitrogens with one attached hydrogen (secondary N) is 1. The molecule has 0 fully saturated rings. The maximum atomic E-state index is 13.3. The number of halogens is 1. The minimum Gasteiger partial charge on any atom is -0.492 e. The lowest BCUT2D eigenvalue weighted by molar-refractivity contribution is -0.763. The number of benzene rings is 2. The number of nitrogens with zero attached hydrogens (tertiary/aromatic N) is 3. The zero-order chi connectivity index (χ0) is 23.7. The summed E-state index contributed by atoms with van der Waals surface area (Å²) >= 11 is 4.90. The van der Waals surface area contributed by atoms with Gasteiger partial charge in [-0.25, -0.2) is 4.90 Å². The predicted octanol–water partition coefficient (Wildman–Crippen LogP) is 3.92. The third-order valence-electron chi connectivity index (χ3n) is 5.36. The maximum Gasteiger partial charge on any atom is 0.325 e. The lowest BCUT2D eigenvalue weighted by atomic mass is 10.0. The normalized spacial score (nSPS) is 14.5. The molecular formula is C23H24BrN4O4S+. The van der Waals surface area contributed by atoms with Crippen LogP contribution in [0, 0.1) is 0 Å². The number of carbonyl (C=O) groups excluding carboxylic acids is 1. The van der Waals surface area contributed by atoms with Gasteiger partial charge in [0, 0.05) is 11.5 Å². The molecule has 0 radical (unpaired) electrons. The van der Waals surface area contributed by atoms with Crippen LogP contribution in [0.4, 0.5) is 5.69 Å². The molecule has 4 rings (SSSR count). The molecule has 2 aromatic carbocycles. The van der Waals surface area contributed by atoms with Gasteiger partial charge in [0.05, 0.1) is 35.0 Å². The van der Waals surface area contributed by atoms with E-state index in [4.69, 9.17) is 14.6 Å². The Hall–Kier alpha value is -2.85. The molecule has 33 heavy (non-hydrogen) atoms. The standard InChI is InChI=1S/C23H23BrN4O4S/c1-5-18(29)27-16-10-8-7-9-14(16)19-21(30)25-23(33-4)26-28(19)22(27)13-11-15(24)20(31-3)17(12-13)32-6-2/h7-12,22H,5-6H2,1-4H3/p+1/t22-/m0/s1. The van der Waals surface area contributed by atoms with Gasteiger partial charge in [-0.15, -0.1) is 0 Å². The third kappa shape index (κ3) is 4.02. The molecule has 2 heterocycles. The Balaban J connectivity index is 2.08. The van der Waals surface area contributed by atoms with E-state index in [1.54, 1.807) is 16.7 Å². The number of fused-ring (bicyclic) bond motifs is 3. The average Bonchev–Trinajstić information content (AvgIpc) is 2.82. The van der Waals surface area contributed by atoms with Crippen LogP contribution in [0.15, 0.2) is 50.8 Å². The van der Waals surface area contributed by atoms with Crippen LogP contribution in [0.1, 0.15) is 32.0 Å². The van der Waals surface area contributed by atoms with Crippen molar-refractivity contribution in [1.29, 1.82) is 0 Å². The fourth-order valence-electron chi connectivity index (χ4n) is 4.00. The second kappa shape index (κ2) is 9.56. The topological polar surface area (TPSA) is 88.4 Å². The van der Waals surface area contributed by atoms with E-state index in [9.17, 15) is 9.59 Å². The van der Waals surface area contributed by atoms with Crippen molar-refractivity contribution in [2.75, 3.05) is 24.9 Å². The van der Waals surface area contributed by atoms with Crippen LogP contribution in [-0.4, -0.2) is 36.0 Å². The van der Waals surface area contributed by atoms with Crippen molar-refractivity contribution < 1.29 is 19.0 Å². The number of aromatic nitrogens is 3. The van der Waals surface area contributed by atoms with E-state index >= 15 is 0 Å². The predicted molar refractivity (Wildman–Crippen MR) is 130 cm³/mol. The van der Waals surface area contributed by atoms with Crippen molar-refractivity contribution in [3.05, 3.63) is 56.8 Å². The van der Waals surface area contributed by atoms with Gasteiger partial charge in [0.1, 0.15) is 0 Å². The highest BCUT2D eigenvalue weighted by Gasteiger charge is 2.45. The molecule has 0 unspecified atom stereocenters. The number of hydrogen-bond donors (Lipinski definition) is 1. The lowest BCUT2D eigenvalue weighted by Crippen LogP contribution is -2.60. The summed E-state index contributed by atoms with van der Waals surface area (Å²) in [7, 11) is 1.57. The summed E-state index contributed by atoms with van der Waals surface area (Å²) in [6, 6.07) is 11.1. The van der Waals surface area contributed by atoms with Crippen molar-refractivity contribution in [2.24, 2.45) is 0 Å². The van der Waals surface area contributed by atoms with Crippen molar-refractivity contribution in [3.63, 3.8) is 0 Å². The highest BCUT2D eigenvalue weighted by atomic mass is 79.9. The Morgan fingerprint density at radius 3 is 2.73 bits per heavy atom. The fraction of sp³-hybridized carbons (Fsp3) is 0.304. The first kappa shape index (κ1) is 23.3. The van der Waals surface area contributed by atoms with E-state index < -0.39 is 6.17 Å². The first-order chi connectivity index (χ1) is 15.9. The summed E-state index contributed by atoms with van der Waals surface area (Å²) in [6.45, 7) is 4.14. The number of ether oxygens (including phenoxy) is 2. The van der Waals surface area contributed by atoms with Gasteiger partial charge >= 0.3 is 11.3 Å². The minimum atomic E-state index is -0.697. The molecule has 1 aliphatic rings. The van der Waals surface area contributed by atoms with Crippen molar-refractivity contribution in [2.45, 2.75) is 31.6 Å². The molecule has 0 aliphatic carbocycles. The third-order valence-corrected chi connectivity index (χ3v) is 6.52. The summed E-state index contributed by atoms with van der Waals surface area (Å²) in [5, 5.41) is 5.16. The maximum absolute atomic E-state index is 13.3. The first-order valence-corrected chi connectivity index (χ1v) is 12.5. The second-order valence-electron chi connectivity index (χ2n) is 7.23. The van der Waals surface area contributed by atoms with Crippen LogP contribution in [0.3, 0.4) is 0 Å². The summed E-state index contributed by atoms with van der Waals surface area (Å²) < 4.78 is 13.6. The Morgan fingerprint density at radius 1 is 1.30 bits per heavy atom. The zero-order valence-electron chi connectivity index (χ0n) is 18.7. The first-order valence-electron chi connectivity index (χ1n) is 10.5. The number of thioether (sulfide) groups is 1. The van der Waals surface area contributed by atoms with E-state index in [1.807, 2.05) is 56.5 Å². The summed E-state index contributed by atoms with van der Waals surface area (Å²) in [6.07, 6.45) is 1.43. The Kier molecular flexibility index (Phi) is 6.76. The Bertz CT molecular complexity index is 1280. The molecule has 0 spiro atoms. The molecule has 172 valence electrons. The smallest absolute Gasteiger partial charge is 0.325 e. The van der Waals surface area contributed by atoms with Crippen LogP contribution >= 0.6 is 27.7 Å². The van der Waals surface area contributed by atoms with Crippen molar-refractivity contribution >= 4 is 39.3 Å². The van der Waals surface area contributed by atoms with Crippen molar-refractivity contribution in [3.8, 4) is 22.8 Å². The van der Waals surface area contributed by atoms with Crippen LogP contribution < -0.4 is 24.6 Å². The molecule has 1 N–H and O–H groups in total. The van der Waals surface area contributed by atoms with Gasteiger partial charge in [0.25, 0.3) is 6.17 Å². The summed E-state index contributed by atoms with van der Waals surface area (Å²) in [5.41, 5.74) is 2.14. The molecule has 1 amide bonds. The van der Waals surface area contributed by atoms with Gasteiger partial charge in [-0.2, -0.15) is 0 Å². The number of carbonyl (C=O) groups is 1. The van der Waals surface area contributed by atoms with E-state index in [-0.39, 0.29) is 17.9 Å². The number of hydrogen-bond acceptors (Lipinski definition) is 6. The van der Waals surface area contributed by atoms with Gasteiger partial charge in [0.15, 0.2) is 11.5 Å². The zero-order valence-corrected chi connectivity index (χ0v) is 21.1. The van der Waals surface area contributed by atoms with E-state index in [2.05, 4.69) is 20.9 Å². The SMILES string of the molecule is CCOc1cc([C@H]2N(C(=O)CC)c3ccccc3-c3c(=O)[nH]c(SC)n[n+]32)cc(Br)c1OC. The Labute approximate surface area is 204 Å². The number of rotatable bonds is 6.